The van der Waals surface area contributed by atoms with Crippen LogP contribution in [-0.2, 0) is 4.79 Å². The largest absolute Gasteiger partial charge is 0.355 e. The van der Waals surface area contributed by atoms with Crippen LogP contribution in [0.5, 0.6) is 0 Å². The normalized spacial score (nSPS) is 12.7. The average Bonchev–Trinajstić information content (AvgIpc) is 2.30. The molecule has 0 rings (SSSR count). The molecule has 1 unspecified atom stereocenters. The van der Waals surface area contributed by atoms with Crippen LogP contribution < -0.4 is 16.0 Å². The van der Waals surface area contributed by atoms with E-state index in [1.807, 2.05) is 0 Å². The van der Waals surface area contributed by atoms with Gasteiger partial charge in [0.15, 0.2) is 0 Å². The Morgan fingerprint density at radius 1 is 1.00 bits per heavy atom. The van der Waals surface area contributed by atoms with Crippen molar-refractivity contribution in [3.8, 4) is 0 Å². The summed E-state index contributed by atoms with van der Waals surface area (Å²) in [6.45, 7) is 9.95. The summed E-state index contributed by atoms with van der Waals surface area (Å²) in [7, 11) is 0. The molecule has 0 aliphatic rings. The summed E-state index contributed by atoms with van der Waals surface area (Å²) in [4.78, 5) is 11.2. The van der Waals surface area contributed by atoms with E-state index in [-0.39, 0.29) is 11.2 Å². The van der Waals surface area contributed by atoms with E-state index in [4.69, 9.17) is 0 Å². The van der Waals surface area contributed by atoms with Crippen LogP contribution in [0.1, 0.15) is 40.0 Å². The Hall–Kier alpha value is -0.260. The molecule has 0 aromatic carbocycles. The predicted octanol–water partition coefficient (Wildman–Crippen LogP) is 1.18. The quantitative estimate of drug-likeness (QED) is 0.338. The average molecular weight is 275 g/mol. The molecule has 18 heavy (non-hydrogen) atoms. The third-order valence-electron chi connectivity index (χ3n) is 2.56. The lowest BCUT2D eigenvalue weighted by Gasteiger charge is -2.09. The highest BCUT2D eigenvalue weighted by Gasteiger charge is 2.05. The molecule has 1 amide bonds. The molecule has 0 aliphatic heterocycles. The Morgan fingerprint density at radius 3 is 2.28 bits per heavy atom. The molecule has 4 nitrogen and oxygen atoms in total. The number of hydrogen-bond donors (Lipinski definition) is 4. The SMILES string of the molecule is CC(C)NCCNCCCCCNC(=O)C(C)S. The van der Waals surface area contributed by atoms with Crippen molar-refractivity contribution in [1.29, 1.82) is 0 Å². The molecule has 0 heterocycles. The van der Waals surface area contributed by atoms with Gasteiger partial charge in [-0.2, -0.15) is 12.6 Å². The highest BCUT2D eigenvalue weighted by atomic mass is 32.1. The van der Waals surface area contributed by atoms with Crippen LogP contribution in [0, 0.1) is 0 Å². The maximum Gasteiger partial charge on any atom is 0.232 e. The molecule has 0 saturated carbocycles. The minimum Gasteiger partial charge on any atom is -0.355 e. The Kier molecular flexibility index (Phi) is 11.6. The molecule has 0 aromatic rings. The molecule has 0 aromatic heterocycles. The zero-order valence-electron chi connectivity index (χ0n) is 12.0. The summed E-state index contributed by atoms with van der Waals surface area (Å²) in [5, 5.41) is 9.41. The van der Waals surface area contributed by atoms with Crippen molar-refractivity contribution in [2.45, 2.75) is 51.3 Å². The van der Waals surface area contributed by atoms with Crippen LogP contribution in [-0.4, -0.2) is 43.4 Å². The summed E-state index contributed by atoms with van der Waals surface area (Å²) in [6, 6.07) is 0.560. The monoisotopic (exact) mass is 275 g/mol. The van der Waals surface area contributed by atoms with E-state index in [1.165, 1.54) is 0 Å². The van der Waals surface area contributed by atoms with Gasteiger partial charge >= 0.3 is 0 Å². The van der Waals surface area contributed by atoms with Crippen molar-refractivity contribution in [1.82, 2.24) is 16.0 Å². The van der Waals surface area contributed by atoms with Gasteiger partial charge in [-0.25, -0.2) is 0 Å². The summed E-state index contributed by atoms with van der Waals surface area (Å²) < 4.78 is 0. The number of carbonyl (C=O) groups excluding carboxylic acids is 1. The number of amides is 1. The van der Waals surface area contributed by atoms with Gasteiger partial charge in [-0.1, -0.05) is 20.3 Å². The zero-order valence-corrected chi connectivity index (χ0v) is 12.9. The van der Waals surface area contributed by atoms with Crippen molar-refractivity contribution >= 4 is 18.5 Å². The summed E-state index contributed by atoms with van der Waals surface area (Å²) in [5.74, 6) is 0.0243. The van der Waals surface area contributed by atoms with Crippen LogP contribution in [0.15, 0.2) is 0 Å². The molecule has 5 heteroatoms. The van der Waals surface area contributed by atoms with Gasteiger partial charge in [0.05, 0.1) is 5.25 Å². The molecule has 0 fully saturated rings. The fraction of sp³-hybridized carbons (Fsp3) is 0.923. The summed E-state index contributed by atoms with van der Waals surface area (Å²) >= 11 is 4.07. The molecular weight excluding hydrogens is 246 g/mol. The molecule has 1 atom stereocenters. The molecule has 0 aliphatic carbocycles. The van der Waals surface area contributed by atoms with Crippen LogP contribution in [0.4, 0.5) is 0 Å². The first kappa shape index (κ1) is 17.7. The van der Waals surface area contributed by atoms with Crippen LogP contribution in [0.2, 0.25) is 0 Å². The van der Waals surface area contributed by atoms with Gasteiger partial charge in [-0.05, 0) is 26.3 Å². The smallest absolute Gasteiger partial charge is 0.232 e. The first-order valence-corrected chi connectivity index (χ1v) is 7.45. The van der Waals surface area contributed by atoms with E-state index in [0.29, 0.717) is 6.04 Å². The van der Waals surface area contributed by atoms with Crippen LogP contribution in [0.25, 0.3) is 0 Å². The number of thiol groups is 1. The first-order chi connectivity index (χ1) is 8.54. The van der Waals surface area contributed by atoms with Crippen molar-refractivity contribution in [2.75, 3.05) is 26.2 Å². The van der Waals surface area contributed by atoms with Crippen molar-refractivity contribution in [3.63, 3.8) is 0 Å². The van der Waals surface area contributed by atoms with Gasteiger partial charge in [0.2, 0.25) is 5.91 Å². The first-order valence-electron chi connectivity index (χ1n) is 6.94. The fourth-order valence-corrected chi connectivity index (χ4v) is 1.58. The van der Waals surface area contributed by atoms with Crippen molar-refractivity contribution in [2.24, 2.45) is 0 Å². The van der Waals surface area contributed by atoms with E-state index >= 15 is 0 Å². The van der Waals surface area contributed by atoms with Gasteiger partial charge in [0.25, 0.3) is 0 Å². The molecule has 0 bridgehead atoms. The van der Waals surface area contributed by atoms with E-state index in [2.05, 4.69) is 42.4 Å². The Labute approximate surface area is 117 Å². The third-order valence-corrected chi connectivity index (χ3v) is 2.80. The van der Waals surface area contributed by atoms with Gasteiger partial charge in [-0.3, -0.25) is 4.79 Å². The van der Waals surface area contributed by atoms with E-state index < -0.39 is 0 Å². The molecule has 3 N–H and O–H groups in total. The minimum atomic E-state index is -0.208. The summed E-state index contributed by atoms with van der Waals surface area (Å²) in [6.07, 6.45) is 3.35. The van der Waals surface area contributed by atoms with E-state index in [9.17, 15) is 4.79 Å². The lowest BCUT2D eigenvalue weighted by Crippen LogP contribution is -2.32. The second kappa shape index (κ2) is 11.8. The second-order valence-corrected chi connectivity index (χ2v) is 5.66. The van der Waals surface area contributed by atoms with Gasteiger partial charge < -0.3 is 16.0 Å². The highest BCUT2D eigenvalue weighted by Crippen LogP contribution is 1.95. The molecule has 0 spiro atoms. The fourth-order valence-electron chi connectivity index (χ4n) is 1.49. The van der Waals surface area contributed by atoms with E-state index in [0.717, 1.165) is 45.4 Å². The van der Waals surface area contributed by atoms with Crippen molar-refractivity contribution < 1.29 is 4.79 Å². The van der Waals surface area contributed by atoms with Gasteiger partial charge in [-0.15, -0.1) is 0 Å². The number of carbonyl (C=O) groups is 1. The molecular formula is C13H29N3OS. The standard InChI is InChI=1S/C13H29N3OS/c1-11(2)15-10-9-14-7-5-4-6-8-16-13(17)12(3)18/h11-12,14-15,18H,4-10H2,1-3H3,(H,16,17). The zero-order chi connectivity index (χ0) is 13.8. The Morgan fingerprint density at radius 2 is 1.67 bits per heavy atom. The maximum atomic E-state index is 11.2. The maximum absolute atomic E-state index is 11.2. The second-order valence-electron chi connectivity index (χ2n) is 4.89. The van der Waals surface area contributed by atoms with Crippen LogP contribution in [0.3, 0.4) is 0 Å². The minimum absolute atomic E-state index is 0.0243. The van der Waals surface area contributed by atoms with Gasteiger partial charge in [0.1, 0.15) is 0 Å². The topological polar surface area (TPSA) is 53.2 Å². The van der Waals surface area contributed by atoms with Gasteiger partial charge in [0, 0.05) is 25.7 Å². The molecule has 108 valence electrons. The number of hydrogen-bond acceptors (Lipinski definition) is 4. The molecule has 0 saturated heterocycles. The lowest BCUT2D eigenvalue weighted by molar-refractivity contribution is -0.120. The predicted molar refractivity (Wildman–Crippen MR) is 81.3 cm³/mol. The lowest BCUT2D eigenvalue weighted by atomic mass is 10.2. The number of rotatable bonds is 11. The summed E-state index contributed by atoms with van der Waals surface area (Å²) in [5.41, 5.74) is 0. The van der Waals surface area contributed by atoms with Crippen molar-refractivity contribution in [3.05, 3.63) is 0 Å². The van der Waals surface area contributed by atoms with E-state index in [1.54, 1.807) is 6.92 Å². The Balaban J connectivity index is 3.10. The molecule has 0 radical (unpaired) electrons. The number of nitrogens with one attached hydrogen (secondary N) is 3. The van der Waals surface area contributed by atoms with Crippen LogP contribution >= 0.6 is 12.6 Å². The Bertz CT molecular complexity index is 210. The third kappa shape index (κ3) is 12.2. The number of unbranched alkanes of at least 4 members (excludes halogenated alkanes) is 2. The highest BCUT2D eigenvalue weighted by molar-refractivity contribution is 7.81.